The molecular formula is C27H21ClFN3O2. The lowest BCUT2D eigenvalue weighted by molar-refractivity contribution is -0.122. The van der Waals surface area contributed by atoms with Crippen LogP contribution in [0.3, 0.4) is 0 Å². The van der Waals surface area contributed by atoms with E-state index in [2.05, 4.69) is 15.5 Å². The predicted octanol–water partition coefficient (Wildman–Crippen LogP) is 6.70. The Bertz CT molecular complexity index is 1480. The highest BCUT2D eigenvalue weighted by Crippen LogP contribution is 2.38. The number of hydrogen-bond acceptors (Lipinski definition) is 3. The number of benzene rings is 3. The maximum absolute atomic E-state index is 14.1. The van der Waals surface area contributed by atoms with Gasteiger partial charge in [-0.3, -0.25) is 4.79 Å². The fraction of sp³-hybridized carbons (Fsp3) is 0.111. The van der Waals surface area contributed by atoms with Crippen LogP contribution in [0.4, 0.5) is 4.39 Å². The standard InChI is InChI=1S/C27H21ClFN3O2/c1-16(27(33)30-15-19-14-24(32-34-19)17-7-3-2-4-8-17)25-21-13-18(29)11-12-23(21)31-26(25)20-9-5-6-10-22(20)28/h2-14,16,31H,15H2,1H3,(H,30,33). The van der Waals surface area contributed by atoms with Crippen molar-refractivity contribution in [3.63, 3.8) is 0 Å². The van der Waals surface area contributed by atoms with Crippen molar-refractivity contribution in [2.24, 2.45) is 0 Å². The van der Waals surface area contributed by atoms with Crippen molar-refractivity contribution in [3.05, 3.63) is 101 Å². The first-order valence-electron chi connectivity index (χ1n) is 10.9. The van der Waals surface area contributed by atoms with Crippen molar-refractivity contribution in [3.8, 4) is 22.5 Å². The lowest BCUT2D eigenvalue weighted by atomic mass is 9.94. The molecular weight excluding hydrogens is 453 g/mol. The van der Waals surface area contributed by atoms with Crippen LogP contribution in [0.15, 0.2) is 83.4 Å². The second-order valence-electron chi connectivity index (χ2n) is 8.07. The summed E-state index contributed by atoms with van der Waals surface area (Å²) in [6.45, 7) is 1.97. The largest absolute Gasteiger partial charge is 0.359 e. The van der Waals surface area contributed by atoms with E-state index in [1.165, 1.54) is 12.1 Å². The quantitative estimate of drug-likeness (QED) is 0.288. The second kappa shape index (κ2) is 9.15. The molecule has 0 aliphatic carbocycles. The number of rotatable bonds is 6. The Kier molecular flexibility index (Phi) is 5.90. The SMILES string of the molecule is CC(C(=O)NCc1cc(-c2ccccc2)no1)c1c(-c2ccccc2Cl)[nH]c2ccc(F)cc12. The van der Waals surface area contributed by atoms with Gasteiger partial charge >= 0.3 is 0 Å². The Morgan fingerprint density at radius 3 is 2.65 bits per heavy atom. The number of carbonyl (C=O) groups excluding carboxylic acids is 1. The normalized spacial score (nSPS) is 12.1. The van der Waals surface area contributed by atoms with E-state index in [-0.39, 0.29) is 18.3 Å². The molecule has 0 radical (unpaired) electrons. The monoisotopic (exact) mass is 473 g/mol. The number of amides is 1. The first-order valence-corrected chi connectivity index (χ1v) is 11.2. The lowest BCUT2D eigenvalue weighted by Gasteiger charge is -2.14. The summed E-state index contributed by atoms with van der Waals surface area (Å²) in [5.41, 5.74) is 4.49. The van der Waals surface area contributed by atoms with E-state index in [1.54, 1.807) is 25.1 Å². The summed E-state index contributed by atoms with van der Waals surface area (Å²) in [6, 6.07) is 23.3. The zero-order chi connectivity index (χ0) is 23.7. The Balaban J connectivity index is 1.43. The molecule has 0 spiro atoms. The number of H-pyrrole nitrogens is 1. The maximum Gasteiger partial charge on any atom is 0.227 e. The Morgan fingerprint density at radius 2 is 1.85 bits per heavy atom. The third kappa shape index (κ3) is 4.20. The van der Waals surface area contributed by atoms with Gasteiger partial charge in [0.2, 0.25) is 5.91 Å². The van der Waals surface area contributed by atoms with E-state index in [0.29, 0.717) is 33.1 Å². The van der Waals surface area contributed by atoms with Crippen LogP contribution < -0.4 is 5.32 Å². The van der Waals surface area contributed by atoms with Crippen molar-refractivity contribution >= 4 is 28.4 Å². The highest BCUT2D eigenvalue weighted by molar-refractivity contribution is 6.33. The van der Waals surface area contributed by atoms with Gasteiger partial charge in [0, 0.05) is 33.1 Å². The Hall–Kier alpha value is -3.90. The summed E-state index contributed by atoms with van der Waals surface area (Å²) in [6.07, 6.45) is 0. The summed E-state index contributed by atoms with van der Waals surface area (Å²) >= 11 is 6.45. The van der Waals surface area contributed by atoms with Crippen molar-refractivity contribution in [2.75, 3.05) is 0 Å². The molecule has 1 amide bonds. The van der Waals surface area contributed by atoms with Crippen molar-refractivity contribution < 1.29 is 13.7 Å². The molecule has 0 aliphatic heterocycles. The average Bonchev–Trinajstić information content (AvgIpc) is 3.47. The molecule has 0 fully saturated rings. The summed E-state index contributed by atoms with van der Waals surface area (Å²) in [5, 5.41) is 8.18. The first-order chi connectivity index (χ1) is 16.5. The molecule has 0 saturated heterocycles. The minimum atomic E-state index is -0.585. The molecule has 1 atom stereocenters. The molecule has 170 valence electrons. The minimum absolute atomic E-state index is 0.182. The van der Waals surface area contributed by atoms with E-state index < -0.39 is 5.92 Å². The summed E-state index contributed by atoms with van der Waals surface area (Å²) < 4.78 is 19.5. The van der Waals surface area contributed by atoms with Gasteiger partial charge in [-0.1, -0.05) is 65.3 Å². The highest BCUT2D eigenvalue weighted by Gasteiger charge is 2.25. The molecule has 2 aromatic heterocycles. The van der Waals surface area contributed by atoms with Gasteiger partial charge in [0.15, 0.2) is 5.76 Å². The molecule has 0 aliphatic rings. The van der Waals surface area contributed by atoms with Gasteiger partial charge in [0.1, 0.15) is 11.5 Å². The number of carbonyl (C=O) groups is 1. The van der Waals surface area contributed by atoms with E-state index in [9.17, 15) is 9.18 Å². The van der Waals surface area contributed by atoms with E-state index in [4.69, 9.17) is 16.1 Å². The van der Waals surface area contributed by atoms with Crippen LogP contribution in [-0.4, -0.2) is 16.0 Å². The minimum Gasteiger partial charge on any atom is -0.359 e. The van der Waals surface area contributed by atoms with Gasteiger partial charge in [-0.25, -0.2) is 4.39 Å². The molecule has 2 N–H and O–H groups in total. The van der Waals surface area contributed by atoms with Crippen LogP contribution in [0.1, 0.15) is 24.2 Å². The molecule has 5 rings (SSSR count). The molecule has 34 heavy (non-hydrogen) atoms. The van der Waals surface area contributed by atoms with E-state index >= 15 is 0 Å². The van der Waals surface area contributed by atoms with Crippen LogP contribution in [0.5, 0.6) is 0 Å². The molecule has 5 nitrogen and oxygen atoms in total. The number of nitrogens with one attached hydrogen (secondary N) is 2. The van der Waals surface area contributed by atoms with Gasteiger partial charge in [0.25, 0.3) is 0 Å². The second-order valence-corrected chi connectivity index (χ2v) is 8.47. The summed E-state index contributed by atoms with van der Waals surface area (Å²) in [4.78, 5) is 16.5. The Morgan fingerprint density at radius 1 is 1.09 bits per heavy atom. The topological polar surface area (TPSA) is 70.9 Å². The highest BCUT2D eigenvalue weighted by atomic mass is 35.5. The fourth-order valence-electron chi connectivity index (χ4n) is 4.11. The van der Waals surface area contributed by atoms with Crippen molar-refractivity contribution in [1.29, 1.82) is 0 Å². The zero-order valence-electron chi connectivity index (χ0n) is 18.3. The smallest absolute Gasteiger partial charge is 0.227 e. The lowest BCUT2D eigenvalue weighted by Crippen LogP contribution is -2.27. The first kappa shape index (κ1) is 21.9. The Labute approximate surface area is 200 Å². The number of nitrogens with zero attached hydrogens (tertiary/aromatic N) is 1. The molecule has 2 heterocycles. The average molecular weight is 474 g/mol. The molecule has 5 aromatic rings. The van der Waals surface area contributed by atoms with Crippen LogP contribution in [0.2, 0.25) is 5.02 Å². The van der Waals surface area contributed by atoms with Crippen LogP contribution in [0.25, 0.3) is 33.4 Å². The number of halogens is 2. The van der Waals surface area contributed by atoms with Crippen LogP contribution in [0, 0.1) is 5.82 Å². The molecule has 0 bridgehead atoms. The van der Waals surface area contributed by atoms with Crippen molar-refractivity contribution in [1.82, 2.24) is 15.5 Å². The van der Waals surface area contributed by atoms with Crippen LogP contribution in [-0.2, 0) is 11.3 Å². The van der Waals surface area contributed by atoms with E-state index in [1.807, 2.05) is 48.5 Å². The molecule has 7 heteroatoms. The van der Waals surface area contributed by atoms with Crippen molar-refractivity contribution in [2.45, 2.75) is 19.4 Å². The summed E-state index contributed by atoms with van der Waals surface area (Å²) in [5.74, 6) is -0.647. The number of aromatic amines is 1. The number of aromatic nitrogens is 2. The number of hydrogen-bond donors (Lipinski definition) is 2. The predicted molar refractivity (Wildman–Crippen MR) is 131 cm³/mol. The van der Waals surface area contributed by atoms with Gasteiger partial charge in [0.05, 0.1) is 18.2 Å². The third-order valence-corrected chi connectivity index (χ3v) is 6.17. The van der Waals surface area contributed by atoms with Gasteiger partial charge in [-0.05, 0) is 36.8 Å². The molecule has 3 aromatic carbocycles. The number of fused-ring (bicyclic) bond motifs is 1. The van der Waals surface area contributed by atoms with Gasteiger partial charge < -0.3 is 14.8 Å². The summed E-state index contributed by atoms with van der Waals surface area (Å²) in [7, 11) is 0. The fourth-order valence-corrected chi connectivity index (χ4v) is 4.34. The van der Waals surface area contributed by atoms with Gasteiger partial charge in [-0.15, -0.1) is 0 Å². The zero-order valence-corrected chi connectivity index (χ0v) is 19.1. The maximum atomic E-state index is 14.1. The van der Waals surface area contributed by atoms with Crippen LogP contribution >= 0.6 is 11.6 Å². The molecule has 0 saturated carbocycles. The van der Waals surface area contributed by atoms with Gasteiger partial charge in [-0.2, -0.15) is 0 Å². The van der Waals surface area contributed by atoms with E-state index in [0.717, 1.165) is 16.6 Å². The molecule has 1 unspecified atom stereocenters. The third-order valence-electron chi connectivity index (χ3n) is 5.84.